The fourth-order valence-electron chi connectivity index (χ4n) is 3.50. The van der Waals surface area contributed by atoms with Gasteiger partial charge in [0.15, 0.2) is 6.10 Å². The molecule has 10 heteroatoms. The number of amides is 2. The number of nitro groups is 1. The van der Waals surface area contributed by atoms with Gasteiger partial charge in [-0.3, -0.25) is 10.1 Å². The quantitative estimate of drug-likeness (QED) is 0.274. The molecule has 0 bridgehead atoms. The van der Waals surface area contributed by atoms with Gasteiger partial charge in [-0.25, -0.2) is 9.59 Å². The molecule has 2 amide bonds. The van der Waals surface area contributed by atoms with Gasteiger partial charge in [-0.05, 0) is 49.4 Å². The number of nitrogens with zero attached hydrogens (tertiary/aromatic N) is 2. The van der Waals surface area contributed by atoms with E-state index in [2.05, 4.69) is 26.1 Å². The van der Waals surface area contributed by atoms with Gasteiger partial charge in [-0.15, -0.1) is 0 Å². The number of nitrogens with one attached hydrogen (secondary N) is 1. The molecule has 0 spiro atoms. The van der Waals surface area contributed by atoms with Crippen LogP contribution in [0.5, 0.6) is 5.75 Å². The lowest BCUT2D eigenvalue weighted by Crippen LogP contribution is -2.39. The van der Waals surface area contributed by atoms with Crippen molar-refractivity contribution >= 4 is 23.4 Å². The number of ether oxygens (including phenoxy) is 2. The molecule has 10 nitrogen and oxygen atoms in total. The van der Waals surface area contributed by atoms with Gasteiger partial charge >= 0.3 is 12.0 Å². The molecule has 0 aliphatic heterocycles. The predicted octanol–water partition coefficient (Wildman–Crippen LogP) is 5.28. The van der Waals surface area contributed by atoms with Crippen molar-refractivity contribution in [2.75, 3.05) is 31.6 Å². The zero-order valence-electron chi connectivity index (χ0n) is 22.2. The molecule has 37 heavy (non-hydrogen) atoms. The summed E-state index contributed by atoms with van der Waals surface area (Å²) in [7, 11) is 0. The molecule has 0 saturated heterocycles. The number of carbonyl (C=O) groups excluding carboxylic acids is 1. The van der Waals surface area contributed by atoms with Gasteiger partial charge < -0.3 is 24.8 Å². The number of urea groups is 1. The Morgan fingerprint density at radius 1 is 1.14 bits per heavy atom. The summed E-state index contributed by atoms with van der Waals surface area (Å²) in [6.07, 6.45) is 0.108. The highest BCUT2D eigenvalue weighted by molar-refractivity contribution is 5.89. The third-order valence-electron chi connectivity index (χ3n) is 5.69. The summed E-state index contributed by atoms with van der Waals surface area (Å²) in [5.41, 5.74) is 1.63. The van der Waals surface area contributed by atoms with Crippen molar-refractivity contribution in [1.82, 2.24) is 4.90 Å². The Hall–Kier alpha value is -3.66. The molecular weight excluding hydrogens is 478 g/mol. The fraction of sp³-hybridized carbons (Fsp3) is 0.481. The van der Waals surface area contributed by atoms with Crippen LogP contribution in [0.25, 0.3) is 0 Å². The van der Waals surface area contributed by atoms with E-state index < -0.39 is 17.0 Å². The second-order valence-electron chi connectivity index (χ2n) is 9.96. The van der Waals surface area contributed by atoms with Crippen LogP contribution in [-0.2, 0) is 16.0 Å². The number of nitro benzene ring substituents is 1. The van der Waals surface area contributed by atoms with Crippen LogP contribution in [-0.4, -0.2) is 59.3 Å². The highest BCUT2D eigenvalue weighted by atomic mass is 16.6. The smallest absolute Gasteiger partial charge is 0.333 e. The Morgan fingerprint density at radius 3 is 2.38 bits per heavy atom. The number of hydrogen-bond donors (Lipinski definition) is 2. The molecule has 0 saturated carbocycles. The summed E-state index contributed by atoms with van der Waals surface area (Å²) in [4.78, 5) is 36.7. The Balaban J connectivity index is 2.01. The first-order chi connectivity index (χ1) is 17.4. The Morgan fingerprint density at radius 2 is 1.81 bits per heavy atom. The number of aliphatic carboxylic acids is 1. The molecular formula is C27H37N3O7. The molecule has 0 heterocycles. The van der Waals surface area contributed by atoms with E-state index in [-0.39, 0.29) is 30.2 Å². The van der Waals surface area contributed by atoms with Crippen LogP contribution in [0.4, 0.5) is 16.2 Å². The van der Waals surface area contributed by atoms with Crippen LogP contribution in [0, 0.1) is 22.5 Å². The second kappa shape index (κ2) is 13.6. The Labute approximate surface area is 217 Å². The Bertz CT molecular complexity index is 1060. The van der Waals surface area contributed by atoms with Crippen LogP contribution < -0.4 is 10.1 Å². The van der Waals surface area contributed by atoms with Crippen molar-refractivity contribution in [3.05, 3.63) is 63.7 Å². The maximum atomic E-state index is 13.0. The van der Waals surface area contributed by atoms with Crippen molar-refractivity contribution in [2.45, 2.75) is 53.6 Å². The minimum atomic E-state index is -1.00. The number of benzene rings is 2. The second-order valence-corrected chi connectivity index (χ2v) is 9.96. The highest BCUT2D eigenvalue weighted by Crippen LogP contribution is 2.23. The molecule has 2 aromatic carbocycles. The van der Waals surface area contributed by atoms with Crippen LogP contribution in [0.15, 0.2) is 42.5 Å². The minimum absolute atomic E-state index is 0.00711. The first kappa shape index (κ1) is 29.6. The van der Waals surface area contributed by atoms with Crippen molar-refractivity contribution in [2.24, 2.45) is 5.41 Å². The zero-order chi connectivity index (χ0) is 27.6. The monoisotopic (exact) mass is 515 g/mol. The molecule has 0 fully saturated rings. The number of carbonyl (C=O) groups is 2. The number of carboxylic acids is 1. The van der Waals surface area contributed by atoms with Crippen LogP contribution in [0.1, 0.15) is 45.2 Å². The molecule has 0 aliphatic carbocycles. The molecule has 2 rings (SSSR count). The maximum Gasteiger partial charge on any atom is 0.333 e. The number of anilines is 1. The van der Waals surface area contributed by atoms with Gasteiger partial charge in [0.2, 0.25) is 0 Å². The lowest BCUT2D eigenvalue weighted by Gasteiger charge is -2.27. The number of aryl methyl sites for hydroxylation is 1. The standard InChI is InChI=1S/C27H37N3O7/c1-6-36-24(25(31)32)17-20-8-11-22(12-9-20)37-16-15-29(14-13-27(3,4)5)26(33)28-21-10-7-19(2)23(18-21)30(34)35/h7-12,18,24H,6,13-17H2,1-5H3,(H,28,33)(H,31,32). The third-order valence-corrected chi connectivity index (χ3v) is 5.69. The summed E-state index contributed by atoms with van der Waals surface area (Å²) >= 11 is 0. The van der Waals surface area contributed by atoms with Crippen LogP contribution >= 0.6 is 0 Å². The summed E-state index contributed by atoms with van der Waals surface area (Å²) in [5.74, 6) is -0.409. The van der Waals surface area contributed by atoms with E-state index in [1.54, 1.807) is 55.1 Å². The number of hydrogen-bond acceptors (Lipinski definition) is 6. The Kier molecular flexibility index (Phi) is 10.9. The van der Waals surface area contributed by atoms with E-state index in [4.69, 9.17) is 9.47 Å². The van der Waals surface area contributed by atoms with Gasteiger partial charge in [0, 0.05) is 36.9 Å². The molecule has 0 aromatic heterocycles. The van der Waals surface area contributed by atoms with Crippen molar-refractivity contribution < 1.29 is 29.1 Å². The van der Waals surface area contributed by atoms with E-state index in [1.165, 1.54) is 6.07 Å². The van der Waals surface area contributed by atoms with E-state index in [1.807, 2.05) is 0 Å². The predicted molar refractivity (Wildman–Crippen MR) is 141 cm³/mol. The van der Waals surface area contributed by atoms with E-state index >= 15 is 0 Å². The van der Waals surface area contributed by atoms with Gasteiger partial charge in [-0.1, -0.05) is 39.0 Å². The van der Waals surface area contributed by atoms with Crippen molar-refractivity contribution in [3.8, 4) is 5.75 Å². The first-order valence-corrected chi connectivity index (χ1v) is 12.3. The first-order valence-electron chi connectivity index (χ1n) is 12.3. The lowest BCUT2D eigenvalue weighted by atomic mass is 9.92. The van der Waals surface area contributed by atoms with Gasteiger partial charge in [0.25, 0.3) is 5.69 Å². The third kappa shape index (κ3) is 10.1. The van der Waals surface area contributed by atoms with Crippen molar-refractivity contribution in [3.63, 3.8) is 0 Å². The van der Waals surface area contributed by atoms with Crippen LogP contribution in [0.3, 0.4) is 0 Å². The summed E-state index contributed by atoms with van der Waals surface area (Å²) in [5, 5.41) is 23.3. The lowest BCUT2D eigenvalue weighted by molar-refractivity contribution is -0.385. The SMILES string of the molecule is CCOC(Cc1ccc(OCCN(CCC(C)(C)C)C(=O)Nc2ccc(C)c([N+](=O)[O-])c2)cc1)C(=O)O. The van der Waals surface area contributed by atoms with Gasteiger partial charge in [-0.2, -0.15) is 0 Å². The van der Waals surface area contributed by atoms with Gasteiger partial charge in [0.1, 0.15) is 12.4 Å². The largest absolute Gasteiger partial charge is 0.492 e. The average molecular weight is 516 g/mol. The van der Waals surface area contributed by atoms with E-state index in [0.29, 0.717) is 36.7 Å². The summed E-state index contributed by atoms with van der Waals surface area (Å²) in [6, 6.07) is 11.3. The van der Waals surface area contributed by atoms with Crippen molar-refractivity contribution in [1.29, 1.82) is 0 Å². The number of rotatable bonds is 13. The zero-order valence-corrected chi connectivity index (χ0v) is 22.2. The molecule has 2 aromatic rings. The molecule has 0 aliphatic rings. The average Bonchev–Trinajstić information content (AvgIpc) is 2.82. The minimum Gasteiger partial charge on any atom is -0.492 e. The molecule has 1 unspecified atom stereocenters. The normalized spacial score (nSPS) is 12.0. The summed E-state index contributed by atoms with van der Waals surface area (Å²) in [6.45, 7) is 11.0. The number of carboxylic acid groups (broad SMARTS) is 1. The van der Waals surface area contributed by atoms with Crippen LogP contribution in [0.2, 0.25) is 0 Å². The van der Waals surface area contributed by atoms with Gasteiger partial charge in [0.05, 0.1) is 11.5 Å². The maximum absolute atomic E-state index is 13.0. The molecule has 2 N–H and O–H groups in total. The molecule has 202 valence electrons. The molecule has 1 atom stereocenters. The highest BCUT2D eigenvalue weighted by Gasteiger charge is 2.20. The molecule has 0 radical (unpaired) electrons. The van der Waals surface area contributed by atoms with E-state index in [0.717, 1.165) is 12.0 Å². The topological polar surface area (TPSA) is 131 Å². The van der Waals surface area contributed by atoms with E-state index in [9.17, 15) is 24.8 Å². The summed E-state index contributed by atoms with van der Waals surface area (Å²) < 4.78 is 11.1. The fourth-order valence-corrected chi connectivity index (χ4v) is 3.50.